The van der Waals surface area contributed by atoms with Crippen LogP contribution < -0.4 is 9.47 Å². The van der Waals surface area contributed by atoms with Gasteiger partial charge in [0.05, 0.1) is 5.02 Å². The van der Waals surface area contributed by atoms with E-state index < -0.39 is 5.82 Å². The molecule has 0 spiro atoms. The van der Waals surface area contributed by atoms with Crippen molar-refractivity contribution in [3.8, 4) is 11.5 Å². The van der Waals surface area contributed by atoms with Crippen molar-refractivity contribution >= 4 is 11.6 Å². The second-order valence-electron chi connectivity index (χ2n) is 3.59. The highest BCUT2D eigenvalue weighted by atomic mass is 35.5. The van der Waals surface area contributed by atoms with Crippen molar-refractivity contribution in [3.63, 3.8) is 0 Å². The van der Waals surface area contributed by atoms with Crippen LogP contribution in [0.2, 0.25) is 5.02 Å². The third kappa shape index (κ3) is 3.64. The molecule has 0 unspecified atom stereocenters. The number of benzene rings is 2. The molecule has 0 aliphatic rings. The molecule has 94 valence electrons. The molecule has 0 fully saturated rings. The maximum atomic E-state index is 13.1. The summed E-state index contributed by atoms with van der Waals surface area (Å²) in [6.07, 6.45) is 0. The number of halogens is 2. The van der Waals surface area contributed by atoms with E-state index in [0.29, 0.717) is 19.0 Å². The van der Waals surface area contributed by atoms with Crippen molar-refractivity contribution < 1.29 is 13.9 Å². The summed E-state index contributed by atoms with van der Waals surface area (Å²) in [6, 6.07) is 13.8. The molecular formula is C14H12ClFO2. The Labute approximate surface area is 110 Å². The molecule has 0 radical (unpaired) electrons. The predicted octanol–water partition coefficient (Wildman–Crippen LogP) is 3.94. The highest BCUT2D eigenvalue weighted by Crippen LogP contribution is 2.20. The summed E-state index contributed by atoms with van der Waals surface area (Å²) in [4.78, 5) is 0. The standard InChI is InChI=1S/C14H12ClFO2/c15-13-7-6-12(10-14(13)16)18-9-8-17-11-4-2-1-3-5-11/h1-7,10H,8-9H2. The zero-order chi connectivity index (χ0) is 12.8. The van der Waals surface area contributed by atoms with Gasteiger partial charge in [-0.05, 0) is 24.3 Å². The van der Waals surface area contributed by atoms with Crippen LogP contribution in [0.15, 0.2) is 48.5 Å². The molecule has 0 N–H and O–H groups in total. The Balaban J connectivity index is 1.77. The van der Waals surface area contributed by atoms with Crippen LogP contribution in [-0.2, 0) is 0 Å². The molecule has 0 saturated carbocycles. The maximum absolute atomic E-state index is 13.1. The van der Waals surface area contributed by atoms with Crippen molar-refractivity contribution in [3.05, 3.63) is 59.4 Å². The van der Waals surface area contributed by atoms with Gasteiger partial charge in [0, 0.05) is 6.07 Å². The van der Waals surface area contributed by atoms with Gasteiger partial charge in [-0.25, -0.2) is 4.39 Å². The monoisotopic (exact) mass is 266 g/mol. The van der Waals surface area contributed by atoms with E-state index in [1.807, 2.05) is 30.3 Å². The summed E-state index contributed by atoms with van der Waals surface area (Å²) in [5, 5.41) is 0.0860. The lowest BCUT2D eigenvalue weighted by atomic mass is 10.3. The van der Waals surface area contributed by atoms with E-state index in [9.17, 15) is 4.39 Å². The predicted molar refractivity (Wildman–Crippen MR) is 68.8 cm³/mol. The molecule has 0 amide bonds. The van der Waals surface area contributed by atoms with Crippen LogP contribution in [0.4, 0.5) is 4.39 Å². The molecule has 2 aromatic carbocycles. The Morgan fingerprint density at radius 3 is 2.22 bits per heavy atom. The van der Waals surface area contributed by atoms with Gasteiger partial charge in [0.25, 0.3) is 0 Å². The van der Waals surface area contributed by atoms with Gasteiger partial charge in [-0.15, -0.1) is 0 Å². The summed E-state index contributed by atoms with van der Waals surface area (Å²) in [7, 11) is 0. The van der Waals surface area contributed by atoms with Gasteiger partial charge in [-0.3, -0.25) is 0 Å². The maximum Gasteiger partial charge on any atom is 0.145 e. The molecule has 2 nitrogen and oxygen atoms in total. The van der Waals surface area contributed by atoms with Crippen LogP contribution in [0, 0.1) is 5.82 Å². The summed E-state index contributed by atoms with van der Waals surface area (Å²) < 4.78 is 23.9. The number of para-hydroxylation sites is 1. The first-order valence-electron chi connectivity index (χ1n) is 5.51. The van der Waals surface area contributed by atoms with Gasteiger partial charge >= 0.3 is 0 Å². The van der Waals surface area contributed by atoms with E-state index in [-0.39, 0.29) is 5.02 Å². The lowest BCUT2D eigenvalue weighted by molar-refractivity contribution is 0.216. The third-order valence-corrected chi connectivity index (χ3v) is 2.56. The molecule has 0 aliphatic heterocycles. The minimum Gasteiger partial charge on any atom is -0.490 e. The van der Waals surface area contributed by atoms with Crippen molar-refractivity contribution in [1.82, 2.24) is 0 Å². The van der Waals surface area contributed by atoms with Gasteiger partial charge < -0.3 is 9.47 Å². The van der Waals surface area contributed by atoms with Crippen molar-refractivity contribution in [2.75, 3.05) is 13.2 Å². The first-order valence-corrected chi connectivity index (χ1v) is 5.89. The average molecular weight is 267 g/mol. The average Bonchev–Trinajstić information content (AvgIpc) is 2.40. The van der Waals surface area contributed by atoms with E-state index in [1.165, 1.54) is 12.1 Å². The second-order valence-corrected chi connectivity index (χ2v) is 3.99. The fourth-order valence-corrected chi connectivity index (χ4v) is 1.52. The summed E-state index contributed by atoms with van der Waals surface area (Å²) in [5.41, 5.74) is 0. The lowest BCUT2D eigenvalue weighted by Crippen LogP contribution is -2.08. The fourth-order valence-electron chi connectivity index (χ4n) is 1.40. The van der Waals surface area contributed by atoms with Crippen LogP contribution in [0.25, 0.3) is 0 Å². The molecule has 2 rings (SSSR count). The zero-order valence-corrected chi connectivity index (χ0v) is 10.4. The molecule has 0 aromatic heterocycles. The van der Waals surface area contributed by atoms with Gasteiger partial charge in [-0.2, -0.15) is 0 Å². The van der Waals surface area contributed by atoms with Crippen LogP contribution >= 0.6 is 11.6 Å². The summed E-state index contributed by atoms with van der Waals surface area (Å²) in [5.74, 6) is 0.732. The topological polar surface area (TPSA) is 18.5 Å². The fraction of sp³-hybridized carbons (Fsp3) is 0.143. The van der Waals surface area contributed by atoms with Crippen LogP contribution in [0.3, 0.4) is 0 Å². The van der Waals surface area contributed by atoms with Crippen molar-refractivity contribution in [1.29, 1.82) is 0 Å². The highest BCUT2D eigenvalue weighted by Gasteiger charge is 2.01. The molecule has 2 aromatic rings. The van der Waals surface area contributed by atoms with Crippen molar-refractivity contribution in [2.24, 2.45) is 0 Å². The Hall–Kier alpha value is -1.74. The molecule has 0 saturated heterocycles. The van der Waals surface area contributed by atoms with Crippen molar-refractivity contribution in [2.45, 2.75) is 0 Å². The SMILES string of the molecule is Fc1cc(OCCOc2ccccc2)ccc1Cl. The summed E-state index contributed by atoms with van der Waals surface area (Å²) in [6.45, 7) is 0.740. The number of hydrogen-bond donors (Lipinski definition) is 0. The summed E-state index contributed by atoms with van der Waals surface area (Å²) >= 11 is 5.57. The van der Waals surface area contributed by atoms with Gasteiger partial charge in [0.15, 0.2) is 0 Å². The molecular weight excluding hydrogens is 255 g/mol. The Kier molecular flexibility index (Phi) is 4.42. The van der Waals surface area contributed by atoms with Gasteiger partial charge in [0.2, 0.25) is 0 Å². The van der Waals surface area contributed by atoms with Crippen LogP contribution in [0.5, 0.6) is 11.5 Å². The Morgan fingerprint density at radius 1 is 0.889 bits per heavy atom. The third-order valence-electron chi connectivity index (χ3n) is 2.26. The van der Waals surface area contributed by atoms with Crippen LogP contribution in [0.1, 0.15) is 0 Å². The molecule has 0 heterocycles. The first kappa shape index (κ1) is 12.7. The number of rotatable bonds is 5. The normalized spacial score (nSPS) is 10.1. The van der Waals surface area contributed by atoms with Crippen LogP contribution in [-0.4, -0.2) is 13.2 Å². The minimum atomic E-state index is -0.488. The van der Waals surface area contributed by atoms with E-state index in [4.69, 9.17) is 21.1 Å². The number of hydrogen-bond acceptors (Lipinski definition) is 2. The largest absolute Gasteiger partial charge is 0.490 e. The quantitative estimate of drug-likeness (QED) is 0.763. The van der Waals surface area contributed by atoms with Gasteiger partial charge in [-0.1, -0.05) is 29.8 Å². The zero-order valence-electron chi connectivity index (χ0n) is 9.61. The minimum absolute atomic E-state index is 0.0860. The van der Waals surface area contributed by atoms with E-state index >= 15 is 0 Å². The molecule has 0 aliphatic carbocycles. The van der Waals surface area contributed by atoms with E-state index in [2.05, 4.69) is 0 Å². The molecule has 0 bridgehead atoms. The molecule has 18 heavy (non-hydrogen) atoms. The molecule has 0 atom stereocenters. The second kappa shape index (κ2) is 6.26. The van der Waals surface area contributed by atoms with Gasteiger partial charge in [0.1, 0.15) is 30.5 Å². The highest BCUT2D eigenvalue weighted by molar-refractivity contribution is 6.30. The smallest absolute Gasteiger partial charge is 0.145 e. The number of ether oxygens (including phenoxy) is 2. The lowest BCUT2D eigenvalue weighted by Gasteiger charge is -2.08. The van der Waals surface area contributed by atoms with E-state index in [0.717, 1.165) is 5.75 Å². The first-order chi connectivity index (χ1) is 8.75. The Bertz CT molecular complexity index is 502. The Morgan fingerprint density at radius 2 is 1.56 bits per heavy atom. The van der Waals surface area contributed by atoms with E-state index in [1.54, 1.807) is 6.07 Å². The molecule has 4 heteroatoms.